The maximum Gasteiger partial charge on any atom is 3.00 e. The van der Waals surface area contributed by atoms with Gasteiger partial charge in [-0.2, -0.15) is 0 Å². The van der Waals surface area contributed by atoms with Gasteiger partial charge in [-0.05, 0) is 0 Å². The number of hydrogen-bond donors (Lipinski definition) is 0. The van der Waals surface area contributed by atoms with E-state index >= 15 is 0 Å². The summed E-state index contributed by atoms with van der Waals surface area (Å²) in [5, 5.41) is 1.15. The maximum atomic E-state index is 10.8. The van der Waals surface area contributed by atoms with Crippen molar-refractivity contribution in [2.24, 2.45) is 0 Å². The molecule has 10 nitrogen and oxygen atoms in total. The van der Waals surface area contributed by atoms with Crippen LogP contribution < -0.4 is 29.6 Å². The first-order chi connectivity index (χ1) is 9.20. The summed E-state index contributed by atoms with van der Waals surface area (Å²) in [5.74, 6) is -2.90. The van der Waals surface area contributed by atoms with Gasteiger partial charge in [-0.3, -0.25) is 19.2 Å². The third kappa shape index (κ3) is 15.7. The Balaban J connectivity index is -0.00000180. The van der Waals surface area contributed by atoms with Crippen molar-refractivity contribution >= 4 is 23.9 Å². The van der Waals surface area contributed by atoms with Crippen LogP contribution in [0.2, 0.25) is 0 Å². The van der Waals surface area contributed by atoms with E-state index in [4.69, 9.17) is 0 Å². The van der Waals surface area contributed by atoms with Gasteiger partial charge in [0.2, 0.25) is 0 Å². The smallest absolute Gasteiger partial charge is 0.333 e. The Morgan fingerprint density at radius 2 is 0.818 bits per heavy atom. The van der Waals surface area contributed by atoms with Gasteiger partial charge in [0.15, 0.2) is 0 Å². The summed E-state index contributed by atoms with van der Waals surface area (Å²) < 4.78 is 0. The van der Waals surface area contributed by atoms with Gasteiger partial charge in [0, 0.05) is 38.1 Å². The minimum Gasteiger partial charge on any atom is -0.333 e. The first-order valence-electron chi connectivity index (χ1n) is 5.50. The summed E-state index contributed by atoms with van der Waals surface area (Å²) in [7, 11) is 0. The van der Waals surface area contributed by atoms with Crippen LogP contribution in [0.4, 0.5) is 0 Å². The summed E-state index contributed by atoms with van der Waals surface area (Å²) in [5.41, 5.74) is 0. The van der Waals surface area contributed by atoms with Gasteiger partial charge < -0.3 is 19.4 Å². The van der Waals surface area contributed by atoms with Crippen LogP contribution >= 0.6 is 0 Å². The van der Waals surface area contributed by atoms with Crippen LogP contribution in [0.5, 0.6) is 0 Å². The third-order valence-electron chi connectivity index (χ3n) is 1.39. The van der Waals surface area contributed by atoms with Crippen LogP contribution in [-0.4, -0.2) is 47.4 Å². The van der Waals surface area contributed by atoms with Gasteiger partial charge in [-0.15, -0.1) is 0 Å². The van der Waals surface area contributed by atoms with Crippen molar-refractivity contribution in [3.05, 3.63) is 0 Å². The average Bonchev–Trinajstić information content (AvgIpc) is 2.22. The molecule has 0 aliphatic carbocycles. The van der Waals surface area contributed by atoms with Crippen molar-refractivity contribution < 1.29 is 85.2 Å². The van der Waals surface area contributed by atoms with Crippen LogP contribution in [0.1, 0.15) is 27.7 Å². The monoisotopic (exact) mass is 371 g/mol. The van der Waals surface area contributed by atoms with E-state index in [2.05, 4.69) is 19.4 Å². The molecule has 0 aromatic heterocycles. The van der Waals surface area contributed by atoms with Gasteiger partial charge in [-0.25, -0.2) is 0 Å². The van der Waals surface area contributed by atoms with Gasteiger partial charge >= 0.3 is 70.5 Å². The summed E-state index contributed by atoms with van der Waals surface area (Å²) in [4.78, 5) is 61.4. The van der Waals surface area contributed by atoms with Crippen molar-refractivity contribution in [2.45, 2.75) is 27.7 Å². The van der Waals surface area contributed by atoms with E-state index in [1.165, 1.54) is 0 Å². The van der Waals surface area contributed by atoms with Crippen molar-refractivity contribution in [1.82, 2.24) is 10.5 Å². The molecule has 0 aromatic carbocycles. The molecule has 0 heterocycles. The summed E-state index contributed by atoms with van der Waals surface area (Å²) >= 11 is 0. The molecule has 0 bridgehead atoms. The molecular formula is C10H16FeN2NaO8+4. The summed E-state index contributed by atoms with van der Waals surface area (Å²) in [6.45, 7) is 3.97. The second-order valence-electron chi connectivity index (χ2n) is 3.44. The van der Waals surface area contributed by atoms with Crippen molar-refractivity contribution in [2.75, 3.05) is 13.1 Å². The molecule has 22 heavy (non-hydrogen) atoms. The fourth-order valence-corrected chi connectivity index (χ4v) is 0.957. The van der Waals surface area contributed by atoms with Crippen LogP contribution in [0.15, 0.2) is 0 Å². The Bertz CT molecular complexity index is 327. The molecule has 0 saturated carbocycles. The Labute approximate surface area is 159 Å². The number of hydrogen-bond acceptors (Lipinski definition) is 10. The largest absolute Gasteiger partial charge is 3.00 e. The molecule has 0 spiro atoms. The quantitative estimate of drug-likeness (QED) is 0.330. The van der Waals surface area contributed by atoms with E-state index < -0.39 is 23.9 Å². The normalized spacial score (nSPS) is 9.18. The van der Waals surface area contributed by atoms with E-state index in [1.807, 2.05) is 0 Å². The number of carbonyl (C=O) groups excluding carboxylic acids is 4. The predicted octanol–water partition coefficient (Wildman–Crippen LogP) is -3.50. The first kappa shape index (κ1) is 26.2. The molecular weight excluding hydrogens is 355 g/mol. The topological polar surface area (TPSA) is 112 Å². The zero-order valence-corrected chi connectivity index (χ0v) is 16.0. The third-order valence-corrected chi connectivity index (χ3v) is 1.39. The standard InChI is InChI=1S/C10H16N2O8.Fe.Na/c1-7(13)17-11(18-8(2)14)5-6-12(19-9(3)15)20-10(4)16;;/h5-6H2,1-4H3;;/q;+3;+1. The predicted molar refractivity (Wildman–Crippen MR) is 60.5 cm³/mol. The summed E-state index contributed by atoms with van der Waals surface area (Å²) in [6, 6.07) is 0. The molecule has 0 N–H and O–H groups in total. The number of hydroxylamine groups is 4. The Kier molecular flexibility index (Phi) is 16.6. The Morgan fingerprint density at radius 1 is 0.636 bits per heavy atom. The van der Waals surface area contributed by atoms with E-state index in [1.54, 1.807) is 0 Å². The maximum absolute atomic E-state index is 10.8. The minimum absolute atomic E-state index is 0. The van der Waals surface area contributed by atoms with Crippen LogP contribution in [-0.2, 0) is 55.6 Å². The van der Waals surface area contributed by atoms with Crippen molar-refractivity contribution in [1.29, 1.82) is 0 Å². The van der Waals surface area contributed by atoms with Gasteiger partial charge in [0.05, 0.1) is 13.1 Å². The summed E-state index contributed by atoms with van der Waals surface area (Å²) in [6.07, 6.45) is 0. The molecule has 0 aliphatic heterocycles. The molecule has 1 radical (unpaired) electrons. The first-order valence-corrected chi connectivity index (χ1v) is 5.50. The average molecular weight is 371 g/mol. The van der Waals surface area contributed by atoms with E-state index in [9.17, 15) is 19.2 Å². The fourth-order valence-electron chi connectivity index (χ4n) is 0.957. The van der Waals surface area contributed by atoms with E-state index in [0.29, 0.717) is 10.5 Å². The van der Waals surface area contributed by atoms with Gasteiger partial charge in [-0.1, -0.05) is 0 Å². The number of carbonyl (C=O) groups is 4. The molecule has 119 valence electrons. The molecule has 0 atom stereocenters. The molecule has 0 saturated heterocycles. The van der Waals surface area contributed by atoms with Crippen LogP contribution in [0, 0.1) is 0 Å². The van der Waals surface area contributed by atoms with Crippen LogP contribution in [0.25, 0.3) is 0 Å². The molecule has 0 fully saturated rings. The Hall–Kier alpha value is -0.681. The molecule has 0 rings (SSSR count). The molecule has 12 heteroatoms. The second-order valence-corrected chi connectivity index (χ2v) is 3.44. The molecule has 0 unspecified atom stereocenters. The van der Waals surface area contributed by atoms with Gasteiger partial charge in [0.1, 0.15) is 0 Å². The fraction of sp³-hybridized carbons (Fsp3) is 0.600. The van der Waals surface area contributed by atoms with Crippen molar-refractivity contribution in [3.63, 3.8) is 0 Å². The molecule has 0 aliphatic rings. The van der Waals surface area contributed by atoms with Gasteiger partial charge in [0.25, 0.3) is 0 Å². The van der Waals surface area contributed by atoms with E-state index in [-0.39, 0.29) is 59.7 Å². The molecule has 0 amide bonds. The van der Waals surface area contributed by atoms with Crippen molar-refractivity contribution in [3.8, 4) is 0 Å². The zero-order chi connectivity index (χ0) is 15.7. The number of nitrogens with zero attached hydrogens (tertiary/aromatic N) is 2. The second kappa shape index (κ2) is 13.9. The molecule has 0 aromatic rings. The zero-order valence-electron chi connectivity index (χ0n) is 12.9. The van der Waals surface area contributed by atoms with Crippen LogP contribution in [0.3, 0.4) is 0 Å². The Morgan fingerprint density at radius 3 is 0.955 bits per heavy atom. The SMILES string of the molecule is CC(=O)ON(CCN(OC(C)=O)OC(C)=O)OC(C)=O.[Fe+3].[Na+]. The number of rotatable bonds is 7. The van der Waals surface area contributed by atoms with E-state index in [0.717, 1.165) is 27.7 Å². The minimum atomic E-state index is -0.724.